The van der Waals surface area contributed by atoms with E-state index in [0.29, 0.717) is 35.4 Å². The van der Waals surface area contributed by atoms with Crippen LogP contribution < -0.4 is 5.32 Å². The maximum Gasteiger partial charge on any atom is 0.256 e. The van der Waals surface area contributed by atoms with Gasteiger partial charge in [0.15, 0.2) is 29.4 Å². The van der Waals surface area contributed by atoms with E-state index in [1.807, 2.05) is 13.0 Å². The van der Waals surface area contributed by atoms with Gasteiger partial charge in [-0.1, -0.05) is 25.1 Å². The number of halogens is 1. The van der Waals surface area contributed by atoms with Crippen LogP contribution >= 0.6 is 8.30 Å². The lowest BCUT2D eigenvalue weighted by molar-refractivity contribution is -0.0333. The number of hydrogen-bond donors (Lipinski definition) is 1. The summed E-state index contributed by atoms with van der Waals surface area (Å²) in [5.74, 6) is -0.432. The summed E-state index contributed by atoms with van der Waals surface area (Å²) in [6.45, 7) is 12.8. The van der Waals surface area contributed by atoms with Gasteiger partial charge in [0.1, 0.15) is 14.6 Å². The Hall–Kier alpha value is -2.52. The summed E-state index contributed by atoms with van der Waals surface area (Å²) < 4.78 is 31.7. The summed E-state index contributed by atoms with van der Waals surface area (Å²) in [4.78, 5) is 25.5. The number of imidazole rings is 1. The van der Waals surface area contributed by atoms with Crippen molar-refractivity contribution in [3.05, 3.63) is 48.5 Å². The van der Waals surface area contributed by atoms with Gasteiger partial charge in [0.2, 0.25) is 0 Å². The second-order valence-electron chi connectivity index (χ2n) is 9.56. The van der Waals surface area contributed by atoms with Gasteiger partial charge in [-0.25, -0.2) is 19.3 Å². The van der Waals surface area contributed by atoms with Crippen molar-refractivity contribution in [1.29, 1.82) is 0 Å². The van der Waals surface area contributed by atoms with Crippen LogP contribution in [0.15, 0.2) is 43.0 Å². The molecule has 1 fully saturated rings. The fraction of sp³-hybridized carbons (Fsp3) is 0.520. The van der Waals surface area contributed by atoms with Crippen molar-refractivity contribution in [2.45, 2.75) is 65.2 Å². The zero-order valence-corrected chi connectivity index (χ0v) is 22.4. The summed E-state index contributed by atoms with van der Waals surface area (Å²) in [6.07, 6.45) is 0.219. The molecule has 0 bridgehead atoms. The second kappa shape index (κ2) is 11.3. The maximum absolute atomic E-state index is 15.4. The monoisotopic (exact) mass is 516 g/mol. The van der Waals surface area contributed by atoms with E-state index in [0.717, 1.165) is 0 Å². The van der Waals surface area contributed by atoms with Crippen LogP contribution in [0.25, 0.3) is 11.2 Å². The van der Waals surface area contributed by atoms with Gasteiger partial charge in [0.05, 0.1) is 19.0 Å². The van der Waals surface area contributed by atoms with Crippen LogP contribution in [-0.2, 0) is 9.26 Å². The molecule has 0 spiro atoms. The highest BCUT2D eigenvalue weighted by Crippen LogP contribution is 2.44. The van der Waals surface area contributed by atoms with Gasteiger partial charge in [-0.05, 0) is 46.5 Å². The maximum atomic E-state index is 15.4. The molecule has 4 rings (SSSR count). The largest absolute Gasteiger partial charge is 0.349 e. The number of nitrogens with one attached hydrogen (secondary N) is 1. The van der Waals surface area contributed by atoms with E-state index in [1.165, 1.54) is 12.7 Å². The standard InChI is InChI=1S/C25H34FN6O3P/c1-15(2)32(16(3)4)36(6)34-12-19-17(5)20(26)25(35-19)31-14-29-21-22(27-13-28-23(21)31)30-24(33)18-10-8-7-9-11-18/h7-11,13-17,19-20,25H,12H2,1-6H3,(H,27,28,30,33)/t17-,19?,20-,25+,36?/m0/s1. The van der Waals surface area contributed by atoms with E-state index in [4.69, 9.17) is 9.26 Å². The van der Waals surface area contributed by atoms with Crippen LogP contribution in [0.5, 0.6) is 0 Å². The third-order valence-electron chi connectivity index (χ3n) is 6.39. The van der Waals surface area contributed by atoms with E-state index in [1.54, 1.807) is 28.8 Å². The van der Waals surface area contributed by atoms with Crippen molar-refractivity contribution in [3.63, 3.8) is 0 Å². The van der Waals surface area contributed by atoms with Gasteiger partial charge < -0.3 is 14.6 Å². The van der Waals surface area contributed by atoms with E-state index < -0.39 is 26.8 Å². The third kappa shape index (κ3) is 5.42. The predicted octanol–water partition coefficient (Wildman–Crippen LogP) is 5.03. The molecule has 3 heterocycles. The molecular weight excluding hydrogens is 482 g/mol. The first-order valence-corrected chi connectivity index (χ1v) is 13.8. The molecule has 9 nitrogen and oxygen atoms in total. The van der Waals surface area contributed by atoms with Crippen molar-refractivity contribution in [2.24, 2.45) is 5.92 Å². The number of hydrogen-bond acceptors (Lipinski definition) is 7. The second-order valence-corrected chi connectivity index (χ2v) is 11.2. The Morgan fingerprint density at radius 3 is 2.56 bits per heavy atom. The molecule has 0 saturated carbocycles. The Morgan fingerprint density at radius 2 is 1.89 bits per heavy atom. The summed E-state index contributed by atoms with van der Waals surface area (Å²) in [5, 5.41) is 2.77. The van der Waals surface area contributed by atoms with Gasteiger partial charge in [0.25, 0.3) is 5.91 Å². The topological polar surface area (TPSA) is 94.4 Å². The molecule has 0 aliphatic carbocycles. The molecule has 3 aromatic rings. The zero-order chi connectivity index (χ0) is 26.0. The molecular formula is C25H34FN6O3P. The number of anilines is 1. The Kier molecular flexibility index (Phi) is 8.30. The normalized spacial score (nSPS) is 23.2. The van der Waals surface area contributed by atoms with E-state index in [9.17, 15) is 4.79 Å². The van der Waals surface area contributed by atoms with Crippen LogP contribution in [0.4, 0.5) is 10.2 Å². The Labute approximate surface area is 212 Å². The molecule has 2 unspecified atom stereocenters. The third-order valence-corrected chi connectivity index (χ3v) is 8.48. The average Bonchev–Trinajstić information content (AvgIpc) is 3.39. The minimum absolute atomic E-state index is 0.257. The summed E-state index contributed by atoms with van der Waals surface area (Å²) in [6, 6.07) is 9.51. The van der Waals surface area contributed by atoms with Crippen LogP contribution in [0, 0.1) is 5.92 Å². The lowest BCUT2D eigenvalue weighted by atomic mass is 10.0. The van der Waals surface area contributed by atoms with Crippen molar-refractivity contribution >= 4 is 31.2 Å². The van der Waals surface area contributed by atoms with Crippen LogP contribution in [-0.4, -0.2) is 67.7 Å². The molecule has 1 aliphatic heterocycles. The average molecular weight is 517 g/mol. The van der Waals surface area contributed by atoms with Crippen molar-refractivity contribution in [2.75, 3.05) is 18.6 Å². The lowest BCUT2D eigenvalue weighted by Crippen LogP contribution is -2.33. The number of amides is 1. The van der Waals surface area contributed by atoms with Gasteiger partial charge >= 0.3 is 0 Å². The van der Waals surface area contributed by atoms with Crippen LogP contribution in [0.2, 0.25) is 0 Å². The highest BCUT2D eigenvalue weighted by Gasteiger charge is 2.44. The lowest BCUT2D eigenvalue weighted by Gasteiger charge is -2.35. The molecule has 0 radical (unpaired) electrons. The van der Waals surface area contributed by atoms with Crippen molar-refractivity contribution in [1.82, 2.24) is 24.2 Å². The number of alkyl halides is 1. The first kappa shape index (κ1) is 26.5. The van der Waals surface area contributed by atoms with E-state index >= 15 is 4.39 Å². The number of aromatic nitrogens is 4. The number of carbonyl (C=O) groups excluding carboxylic acids is 1. The summed E-state index contributed by atoms with van der Waals surface area (Å²) in [7, 11) is -0.841. The Morgan fingerprint density at radius 1 is 1.19 bits per heavy atom. The molecule has 1 N–H and O–H groups in total. The molecule has 11 heteroatoms. The van der Waals surface area contributed by atoms with Gasteiger partial charge in [0, 0.05) is 23.6 Å². The molecule has 1 saturated heterocycles. The first-order valence-electron chi connectivity index (χ1n) is 12.2. The van der Waals surface area contributed by atoms with Crippen LogP contribution in [0.1, 0.15) is 51.2 Å². The summed E-state index contributed by atoms with van der Waals surface area (Å²) in [5.41, 5.74) is 1.25. The minimum atomic E-state index is -1.28. The summed E-state index contributed by atoms with van der Waals surface area (Å²) >= 11 is 0. The fourth-order valence-electron chi connectivity index (χ4n) is 4.65. The molecule has 36 heavy (non-hydrogen) atoms. The van der Waals surface area contributed by atoms with E-state index in [-0.39, 0.29) is 17.6 Å². The number of nitrogens with zero attached hydrogens (tertiary/aromatic N) is 5. The fourth-order valence-corrected chi connectivity index (χ4v) is 6.44. The molecule has 1 aromatic carbocycles. The van der Waals surface area contributed by atoms with Gasteiger partial charge in [-0.2, -0.15) is 0 Å². The quantitative estimate of drug-likeness (QED) is 0.399. The number of ether oxygens (including phenoxy) is 1. The highest BCUT2D eigenvalue weighted by molar-refractivity contribution is 7.49. The number of benzene rings is 1. The molecule has 2 aromatic heterocycles. The first-order chi connectivity index (χ1) is 17.2. The number of carbonyl (C=O) groups is 1. The van der Waals surface area contributed by atoms with Crippen molar-refractivity contribution < 1.29 is 18.4 Å². The van der Waals surface area contributed by atoms with Gasteiger partial charge in [-0.15, -0.1) is 0 Å². The Bertz CT molecular complexity index is 1170. The minimum Gasteiger partial charge on any atom is -0.349 e. The van der Waals surface area contributed by atoms with Crippen LogP contribution in [0.3, 0.4) is 0 Å². The molecule has 1 amide bonds. The molecule has 194 valence electrons. The van der Waals surface area contributed by atoms with Gasteiger partial charge in [-0.3, -0.25) is 14.0 Å². The molecule has 5 atom stereocenters. The predicted molar refractivity (Wildman–Crippen MR) is 139 cm³/mol. The number of rotatable bonds is 9. The highest BCUT2D eigenvalue weighted by atomic mass is 31.2. The smallest absolute Gasteiger partial charge is 0.256 e. The zero-order valence-electron chi connectivity index (χ0n) is 21.5. The SMILES string of the molecule is CC(C)N(C(C)C)P(C)OCC1O[C@@H](n2cnc3c(NC(=O)c4ccccc4)ncnc32)[C@@H](F)[C@H]1C. The van der Waals surface area contributed by atoms with E-state index in [2.05, 4.69) is 59.3 Å². The molecule has 1 aliphatic rings. The Balaban J connectivity index is 1.49. The van der Waals surface area contributed by atoms with Crippen molar-refractivity contribution in [3.8, 4) is 0 Å². The number of fused-ring (bicyclic) bond motifs is 1.